The lowest BCUT2D eigenvalue weighted by molar-refractivity contribution is 0.190. The summed E-state index contributed by atoms with van der Waals surface area (Å²) in [5.74, 6) is 0.740. The van der Waals surface area contributed by atoms with E-state index in [2.05, 4.69) is 44.0 Å². The SMILES string of the molecule is CC(C)=CCN1CCNC(C(C)C)C1. The maximum absolute atomic E-state index is 3.57. The van der Waals surface area contributed by atoms with Crippen LogP contribution < -0.4 is 5.32 Å². The molecule has 1 aliphatic rings. The van der Waals surface area contributed by atoms with Crippen LogP contribution >= 0.6 is 0 Å². The van der Waals surface area contributed by atoms with E-state index in [1.165, 1.54) is 18.7 Å². The summed E-state index contributed by atoms with van der Waals surface area (Å²) in [6.45, 7) is 13.6. The minimum atomic E-state index is 0.675. The van der Waals surface area contributed by atoms with Gasteiger partial charge in [0.2, 0.25) is 0 Å². The number of allylic oxidation sites excluding steroid dienone is 1. The summed E-state index contributed by atoms with van der Waals surface area (Å²) in [7, 11) is 0. The number of piperazine rings is 1. The van der Waals surface area contributed by atoms with Gasteiger partial charge in [-0.1, -0.05) is 25.5 Å². The van der Waals surface area contributed by atoms with E-state index >= 15 is 0 Å². The van der Waals surface area contributed by atoms with Crippen LogP contribution in [-0.2, 0) is 0 Å². The van der Waals surface area contributed by atoms with Crippen LogP contribution in [0.2, 0.25) is 0 Å². The first kappa shape index (κ1) is 11.7. The highest BCUT2D eigenvalue weighted by molar-refractivity contribution is 4.96. The Balaban J connectivity index is 2.36. The molecule has 0 aromatic heterocycles. The van der Waals surface area contributed by atoms with E-state index in [0.717, 1.165) is 19.0 Å². The second kappa shape index (κ2) is 5.52. The summed E-state index contributed by atoms with van der Waals surface area (Å²) < 4.78 is 0. The summed E-state index contributed by atoms with van der Waals surface area (Å²) in [5, 5.41) is 3.57. The van der Waals surface area contributed by atoms with Gasteiger partial charge in [-0.2, -0.15) is 0 Å². The molecule has 1 atom stereocenters. The molecule has 1 unspecified atom stereocenters. The fourth-order valence-corrected chi connectivity index (χ4v) is 1.77. The summed E-state index contributed by atoms with van der Waals surface area (Å²) in [4.78, 5) is 2.54. The van der Waals surface area contributed by atoms with Crippen LogP contribution in [0.3, 0.4) is 0 Å². The van der Waals surface area contributed by atoms with Crippen molar-refractivity contribution in [2.45, 2.75) is 33.7 Å². The molecule has 1 rings (SSSR count). The highest BCUT2D eigenvalue weighted by Crippen LogP contribution is 2.08. The summed E-state index contributed by atoms with van der Waals surface area (Å²) >= 11 is 0. The second-order valence-electron chi connectivity index (χ2n) is 4.85. The van der Waals surface area contributed by atoms with Crippen molar-refractivity contribution in [3.8, 4) is 0 Å². The Hall–Kier alpha value is -0.340. The third-order valence-corrected chi connectivity index (χ3v) is 2.85. The molecule has 0 amide bonds. The zero-order chi connectivity index (χ0) is 10.6. The fourth-order valence-electron chi connectivity index (χ4n) is 1.77. The van der Waals surface area contributed by atoms with E-state index < -0.39 is 0 Å². The highest BCUT2D eigenvalue weighted by atomic mass is 15.2. The number of nitrogens with zero attached hydrogens (tertiary/aromatic N) is 1. The Morgan fingerprint density at radius 3 is 2.79 bits per heavy atom. The Labute approximate surface area is 88.4 Å². The standard InChI is InChI=1S/C12H24N2/c1-10(2)5-7-14-8-6-13-12(9-14)11(3)4/h5,11-13H,6-9H2,1-4H3. The average molecular weight is 196 g/mol. The van der Waals surface area contributed by atoms with E-state index in [-0.39, 0.29) is 0 Å². The fraction of sp³-hybridized carbons (Fsp3) is 0.833. The maximum atomic E-state index is 3.57. The van der Waals surface area contributed by atoms with Crippen molar-refractivity contribution >= 4 is 0 Å². The molecule has 1 N–H and O–H groups in total. The monoisotopic (exact) mass is 196 g/mol. The second-order valence-corrected chi connectivity index (χ2v) is 4.85. The van der Waals surface area contributed by atoms with E-state index in [4.69, 9.17) is 0 Å². The molecule has 0 bridgehead atoms. The van der Waals surface area contributed by atoms with Gasteiger partial charge in [0.1, 0.15) is 0 Å². The molecule has 0 spiro atoms. The van der Waals surface area contributed by atoms with Gasteiger partial charge in [-0.05, 0) is 19.8 Å². The molecule has 0 radical (unpaired) electrons. The molecule has 1 saturated heterocycles. The lowest BCUT2D eigenvalue weighted by Gasteiger charge is -2.35. The first-order chi connectivity index (χ1) is 6.59. The predicted molar refractivity (Wildman–Crippen MR) is 62.5 cm³/mol. The van der Waals surface area contributed by atoms with Gasteiger partial charge < -0.3 is 5.32 Å². The van der Waals surface area contributed by atoms with Crippen LogP contribution in [0.5, 0.6) is 0 Å². The van der Waals surface area contributed by atoms with E-state index in [1.54, 1.807) is 0 Å². The molecule has 0 aromatic rings. The van der Waals surface area contributed by atoms with Gasteiger partial charge in [0.25, 0.3) is 0 Å². The number of nitrogens with one attached hydrogen (secondary N) is 1. The molecule has 0 aliphatic carbocycles. The van der Waals surface area contributed by atoms with Crippen molar-refractivity contribution in [1.29, 1.82) is 0 Å². The van der Waals surface area contributed by atoms with Crippen molar-refractivity contribution in [3.63, 3.8) is 0 Å². The van der Waals surface area contributed by atoms with E-state index in [9.17, 15) is 0 Å². The third-order valence-electron chi connectivity index (χ3n) is 2.85. The van der Waals surface area contributed by atoms with Gasteiger partial charge in [-0.15, -0.1) is 0 Å². The Morgan fingerprint density at radius 2 is 2.21 bits per heavy atom. The zero-order valence-electron chi connectivity index (χ0n) is 10.0. The molecule has 1 heterocycles. The first-order valence-corrected chi connectivity index (χ1v) is 5.68. The van der Waals surface area contributed by atoms with Crippen molar-refractivity contribution in [2.75, 3.05) is 26.2 Å². The molecule has 0 aromatic carbocycles. The largest absolute Gasteiger partial charge is 0.311 e. The maximum Gasteiger partial charge on any atom is 0.0218 e. The van der Waals surface area contributed by atoms with Gasteiger partial charge in [0, 0.05) is 32.2 Å². The van der Waals surface area contributed by atoms with Gasteiger partial charge in [-0.25, -0.2) is 0 Å². The predicted octanol–water partition coefficient (Wildman–Crippen LogP) is 1.88. The first-order valence-electron chi connectivity index (χ1n) is 5.68. The van der Waals surface area contributed by atoms with Gasteiger partial charge in [0.15, 0.2) is 0 Å². The summed E-state index contributed by atoms with van der Waals surface area (Å²) in [6.07, 6.45) is 2.32. The molecule has 82 valence electrons. The van der Waals surface area contributed by atoms with Crippen LogP contribution in [0.1, 0.15) is 27.7 Å². The van der Waals surface area contributed by atoms with Gasteiger partial charge in [-0.3, -0.25) is 4.90 Å². The molecule has 2 nitrogen and oxygen atoms in total. The smallest absolute Gasteiger partial charge is 0.0218 e. The van der Waals surface area contributed by atoms with Crippen LogP contribution in [0.4, 0.5) is 0 Å². The molecular formula is C12H24N2. The lowest BCUT2D eigenvalue weighted by Crippen LogP contribution is -2.52. The number of hydrogen-bond acceptors (Lipinski definition) is 2. The molecule has 0 saturated carbocycles. The quantitative estimate of drug-likeness (QED) is 0.693. The van der Waals surface area contributed by atoms with Gasteiger partial charge in [0.05, 0.1) is 0 Å². The van der Waals surface area contributed by atoms with Crippen LogP contribution in [0.15, 0.2) is 11.6 Å². The van der Waals surface area contributed by atoms with E-state index in [1.807, 2.05) is 0 Å². The Morgan fingerprint density at radius 1 is 1.50 bits per heavy atom. The van der Waals surface area contributed by atoms with Gasteiger partial charge >= 0.3 is 0 Å². The third kappa shape index (κ3) is 3.81. The molecular weight excluding hydrogens is 172 g/mol. The summed E-state index contributed by atoms with van der Waals surface area (Å²) in [5.41, 5.74) is 1.42. The summed E-state index contributed by atoms with van der Waals surface area (Å²) in [6, 6.07) is 0.675. The van der Waals surface area contributed by atoms with E-state index in [0.29, 0.717) is 6.04 Å². The minimum absolute atomic E-state index is 0.675. The highest BCUT2D eigenvalue weighted by Gasteiger charge is 2.20. The van der Waals surface area contributed by atoms with Crippen LogP contribution in [0.25, 0.3) is 0 Å². The number of rotatable bonds is 3. The lowest BCUT2D eigenvalue weighted by atomic mass is 10.0. The topological polar surface area (TPSA) is 15.3 Å². The minimum Gasteiger partial charge on any atom is -0.311 e. The average Bonchev–Trinajstić information content (AvgIpc) is 2.15. The molecule has 14 heavy (non-hydrogen) atoms. The van der Waals surface area contributed by atoms with Crippen molar-refractivity contribution < 1.29 is 0 Å². The molecule has 1 fully saturated rings. The van der Waals surface area contributed by atoms with Crippen LogP contribution in [-0.4, -0.2) is 37.1 Å². The van der Waals surface area contributed by atoms with Crippen molar-refractivity contribution in [3.05, 3.63) is 11.6 Å². The molecule has 2 heteroatoms. The van der Waals surface area contributed by atoms with Crippen molar-refractivity contribution in [2.24, 2.45) is 5.92 Å². The van der Waals surface area contributed by atoms with Crippen molar-refractivity contribution in [1.82, 2.24) is 10.2 Å². The molecule has 1 aliphatic heterocycles. The Bertz CT molecular complexity index is 192. The number of hydrogen-bond donors (Lipinski definition) is 1. The Kier molecular flexibility index (Phi) is 4.63. The van der Waals surface area contributed by atoms with Crippen LogP contribution in [0, 0.1) is 5.92 Å². The zero-order valence-corrected chi connectivity index (χ0v) is 10.0. The normalized spacial score (nSPS) is 23.9.